The fourth-order valence-electron chi connectivity index (χ4n) is 3.15. The first-order chi connectivity index (χ1) is 8.69. The maximum absolute atomic E-state index is 9.73. The molecule has 0 unspecified atom stereocenters. The average molecular weight is 251 g/mol. The third-order valence-corrected chi connectivity index (χ3v) is 4.16. The summed E-state index contributed by atoms with van der Waals surface area (Å²) in [5.74, 6) is 0. The van der Waals surface area contributed by atoms with Gasteiger partial charge in [0.2, 0.25) is 0 Å². The van der Waals surface area contributed by atoms with E-state index in [1.165, 1.54) is 18.5 Å². The summed E-state index contributed by atoms with van der Waals surface area (Å²) >= 11 is 0. The van der Waals surface area contributed by atoms with Crippen molar-refractivity contribution in [2.75, 3.05) is 19.7 Å². The Labute approximate surface area is 110 Å². The molecule has 1 aliphatic heterocycles. The molecule has 1 N–H and O–H groups in total. The Kier molecular flexibility index (Phi) is 4.40. The predicted molar refractivity (Wildman–Crippen MR) is 72.1 cm³/mol. The van der Waals surface area contributed by atoms with Crippen LogP contribution in [0.2, 0.25) is 0 Å². The Balaban J connectivity index is 2.00. The first-order valence-electron chi connectivity index (χ1n) is 6.97. The molecule has 0 spiro atoms. The van der Waals surface area contributed by atoms with Crippen molar-refractivity contribution >= 4 is 0 Å². The lowest BCUT2D eigenvalue weighted by Crippen LogP contribution is -2.45. The summed E-state index contributed by atoms with van der Waals surface area (Å²) in [4.78, 5) is 6.63. The summed E-state index contributed by atoms with van der Waals surface area (Å²) in [6.45, 7) is 5.63. The molecule has 2 rings (SSSR count). The first-order valence-corrected chi connectivity index (χ1v) is 6.97. The van der Waals surface area contributed by atoms with Gasteiger partial charge in [0.25, 0.3) is 0 Å². The van der Waals surface area contributed by atoms with Gasteiger partial charge in [0.1, 0.15) is 0 Å². The molecule has 1 fully saturated rings. The number of piperidine rings is 1. The summed E-state index contributed by atoms with van der Waals surface area (Å²) in [6.07, 6.45) is 8.43. The molecule has 4 heteroatoms. The fraction of sp³-hybridized carbons (Fsp3) is 0.786. The van der Waals surface area contributed by atoms with Crippen LogP contribution in [0, 0.1) is 5.41 Å². The van der Waals surface area contributed by atoms with E-state index in [0.29, 0.717) is 6.61 Å². The molecule has 0 aliphatic carbocycles. The quantitative estimate of drug-likeness (QED) is 0.867. The number of aliphatic hydroxyl groups is 1. The van der Waals surface area contributed by atoms with E-state index in [0.717, 1.165) is 32.5 Å². The highest BCUT2D eigenvalue weighted by Crippen LogP contribution is 2.34. The fourth-order valence-corrected chi connectivity index (χ4v) is 3.15. The number of likely N-dealkylation sites (tertiary alicyclic amines) is 1. The monoisotopic (exact) mass is 251 g/mol. The van der Waals surface area contributed by atoms with Crippen molar-refractivity contribution in [1.82, 2.24) is 14.5 Å². The van der Waals surface area contributed by atoms with E-state index in [1.54, 1.807) is 0 Å². The second-order valence-corrected chi connectivity index (χ2v) is 5.72. The summed E-state index contributed by atoms with van der Waals surface area (Å²) in [5, 5.41) is 9.73. The standard InChI is InChI=1S/C14H25N3O/c1-3-5-14(11-18)6-4-7-17(10-14)9-13-8-15-12-16(13)2/h8,12,18H,3-7,9-11H2,1-2H3/t14-/m0/s1. The van der Waals surface area contributed by atoms with E-state index < -0.39 is 0 Å². The van der Waals surface area contributed by atoms with E-state index >= 15 is 0 Å². The lowest BCUT2D eigenvalue weighted by atomic mass is 9.77. The zero-order valence-corrected chi connectivity index (χ0v) is 11.6. The van der Waals surface area contributed by atoms with Crippen LogP contribution in [0.4, 0.5) is 0 Å². The first kappa shape index (κ1) is 13.6. The molecule has 1 atom stereocenters. The van der Waals surface area contributed by atoms with Crippen molar-refractivity contribution in [2.45, 2.75) is 39.2 Å². The van der Waals surface area contributed by atoms with Gasteiger partial charge in [-0.3, -0.25) is 4.90 Å². The molecule has 1 aromatic rings. The molecule has 0 saturated carbocycles. The maximum atomic E-state index is 9.73. The zero-order chi connectivity index (χ0) is 13.0. The third kappa shape index (κ3) is 2.93. The predicted octanol–water partition coefficient (Wildman–Crippen LogP) is 1.79. The topological polar surface area (TPSA) is 41.3 Å². The molecule has 1 saturated heterocycles. The van der Waals surface area contributed by atoms with E-state index in [9.17, 15) is 5.11 Å². The summed E-state index contributed by atoms with van der Waals surface area (Å²) in [5.41, 5.74) is 1.38. The van der Waals surface area contributed by atoms with Gasteiger partial charge in [0.15, 0.2) is 0 Å². The number of aliphatic hydroxyl groups excluding tert-OH is 1. The van der Waals surface area contributed by atoms with Gasteiger partial charge >= 0.3 is 0 Å². The zero-order valence-electron chi connectivity index (χ0n) is 11.6. The average Bonchev–Trinajstić information content (AvgIpc) is 2.76. The van der Waals surface area contributed by atoms with E-state index in [2.05, 4.69) is 21.4 Å². The van der Waals surface area contributed by atoms with Crippen LogP contribution in [0.3, 0.4) is 0 Å². The summed E-state index contributed by atoms with van der Waals surface area (Å²) in [6, 6.07) is 0. The number of aryl methyl sites for hydroxylation is 1. The summed E-state index contributed by atoms with van der Waals surface area (Å²) < 4.78 is 2.08. The number of nitrogens with zero attached hydrogens (tertiary/aromatic N) is 3. The van der Waals surface area contributed by atoms with Crippen LogP contribution in [-0.2, 0) is 13.6 Å². The van der Waals surface area contributed by atoms with Gasteiger partial charge in [-0.25, -0.2) is 4.98 Å². The molecule has 0 radical (unpaired) electrons. The molecule has 18 heavy (non-hydrogen) atoms. The number of hydrogen-bond acceptors (Lipinski definition) is 3. The van der Waals surface area contributed by atoms with Gasteiger partial charge in [0, 0.05) is 38.4 Å². The molecule has 2 heterocycles. The van der Waals surface area contributed by atoms with Crippen LogP contribution in [0.15, 0.2) is 12.5 Å². The van der Waals surface area contributed by atoms with Crippen LogP contribution in [0.25, 0.3) is 0 Å². The second-order valence-electron chi connectivity index (χ2n) is 5.72. The van der Waals surface area contributed by atoms with Crippen LogP contribution in [0.1, 0.15) is 38.3 Å². The highest BCUT2D eigenvalue weighted by Gasteiger charge is 2.34. The van der Waals surface area contributed by atoms with E-state index in [4.69, 9.17) is 0 Å². The minimum absolute atomic E-state index is 0.131. The van der Waals surface area contributed by atoms with Crippen molar-refractivity contribution in [3.05, 3.63) is 18.2 Å². The SMILES string of the molecule is CCC[C@]1(CO)CCCN(Cc2cncn2C)C1. The van der Waals surface area contributed by atoms with Gasteiger partial charge in [-0.05, 0) is 25.8 Å². The van der Waals surface area contributed by atoms with Crippen molar-refractivity contribution in [3.8, 4) is 0 Å². The Morgan fingerprint density at radius 3 is 2.94 bits per heavy atom. The molecule has 102 valence electrons. The Morgan fingerprint density at radius 2 is 2.33 bits per heavy atom. The van der Waals surface area contributed by atoms with Crippen molar-refractivity contribution < 1.29 is 5.11 Å². The van der Waals surface area contributed by atoms with Gasteiger partial charge in [-0.1, -0.05) is 13.3 Å². The smallest absolute Gasteiger partial charge is 0.0945 e. The lowest BCUT2D eigenvalue weighted by Gasteiger charge is -2.41. The van der Waals surface area contributed by atoms with Crippen LogP contribution in [0.5, 0.6) is 0 Å². The number of aromatic nitrogens is 2. The summed E-state index contributed by atoms with van der Waals surface area (Å²) in [7, 11) is 2.04. The van der Waals surface area contributed by atoms with Gasteiger partial charge in [0.05, 0.1) is 12.0 Å². The Morgan fingerprint density at radius 1 is 1.50 bits per heavy atom. The van der Waals surface area contributed by atoms with Crippen LogP contribution < -0.4 is 0 Å². The normalized spacial score (nSPS) is 25.5. The van der Waals surface area contributed by atoms with Crippen molar-refractivity contribution in [1.29, 1.82) is 0 Å². The molecule has 0 amide bonds. The number of imidazole rings is 1. The van der Waals surface area contributed by atoms with E-state index in [-0.39, 0.29) is 5.41 Å². The molecular formula is C14H25N3O. The van der Waals surface area contributed by atoms with Crippen molar-refractivity contribution in [2.24, 2.45) is 12.5 Å². The largest absolute Gasteiger partial charge is 0.396 e. The van der Waals surface area contributed by atoms with Gasteiger partial charge < -0.3 is 9.67 Å². The molecule has 0 aromatic carbocycles. The Hall–Kier alpha value is -0.870. The van der Waals surface area contributed by atoms with Crippen molar-refractivity contribution in [3.63, 3.8) is 0 Å². The van der Waals surface area contributed by atoms with E-state index in [1.807, 2.05) is 19.6 Å². The highest BCUT2D eigenvalue weighted by atomic mass is 16.3. The van der Waals surface area contributed by atoms with Crippen LogP contribution in [-0.4, -0.2) is 39.3 Å². The Bertz CT molecular complexity index is 373. The number of hydrogen-bond donors (Lipinski definition) is 1. The van der Waals surface area contributed by atoms with Gasteiger partial charge in [-0.15, -0.1) is 0 Å². The maximum Gasteiger partial charge on any atom is 0.0945 e. The van der Waals surface area contributed by atoms with Crippen LogP contribution >= 0.6 is 0 Å². The minimum atomic E-state index is 0.131. The highest BCUT2D eigenvalue weighted by molar-refractivity contribution is 4.98. The van der Waals surface area contributed by atoms with Gasteiger partial charge in [-0.2, -0.15) is 0 Å². The second kappa shape index (κ2) is 5.85. The molecular weight excluding hydrogens is 226 g/mol. The molecule has 1 aromatic heterocycles. The third-order valence-electron chi connectivity index (χ3n) is 4.16. The molecule has 4 nitrogen and oxygen atoms in total. The minimum Gasteiger partial charge on any atom is -0.396 e. The number of rotatable bonds is 5. The molecule has 0 bridgehead atoms. The lowest BCUT2D eigenvalue weighted by molar-refractivity contribution is 0.0208. The molecule has 1 aliphatic rings.